The van der Waals surface area contributed by atoms with Crippen LogP contribution in [0.3, 0.4) is 0 Å². The Morgan fingerprint density at radius 3 is 2.72 bits per heavy atom. The van der Waals surface area contributed by atoms with Gasteiger partial charge >= 0.3 is 5.97 Å². The van der Waals surface area contributed by atoms with E-state index in [4.69, 9.17) is 14.2 Å². The molecule has 1 aliphatic carbocycles. The fourth-order valence-electron chi connectivity index (χ4n) is 2.75. The first-order valence-corrected chi connectivity index (χ1v) is 6.91. The predicted octanol–water partition coefficient (Wildman–Crippen LogP) is 2.57. The number of carbonyl (C=O) groups excluding carboxylic acids is 1. The highest BCUT2D eigenvalue weighted by Crippen LogP contribution is 2.37. The summed E-state index contributed by atoms with van der Waals surface area (Å²) in [7, 11) is 0. The third-order valence-electron chi connectivity index (χ3n) is 3.61. The van der Waals surface area contributed by atoms with Gasteiger partial charge in [-0.25, -0.2) is 4.79 Å². The van der Waals surface area contributed by atoms with Crippen molar-refractivity contribution in [2.75, 3.05) is 6.61 Å². The number of hydrogen-bond acceptors (Lipinski definition) is 4. The molecule has 0 spiro atoms. The largest absolute Gasteiger partial charge is 0.463 e. The van der Waals surface area contributed by atoms with Gasteiger partial charge in [-0.2, -0.15) is 0 Å². The van der Waals surface area contributed by atoms with Crippen LogP contribution in [-0.2, 0) is 19.0 Å². The standard InChI is InChI=1S/C14H22O4/c1-4-9-10(14(15)16-6-3)7-8-11-13(9)18-12(5-2)17-11/h11-13H,4-8H2,1-3H3. The topological polar surface area (TPSA) is 44.8 Å². The Hall–Kier alpha value is -0.870. The second-order valence-corrected chi connectivity index (χ2v) is 4.69. The predicted molar refractivity (Wildman–Crippen MR) is 67.0 cm³/mol. The van der Waals surface area contributed by atoms with Crippen molar-refractivity contribution in [2.24, 2.45) is 0 Å². The van der Waals surface area contributed by atoms with Gasteiger partial charge in [0.2, 0.25) is 0 Å². The monoisotopic (exact) mass is 254 g/mol. The van der Waals surface area contributed by atoms with Crippen molar-refractivity contribution in [3.63, 3.8) is 0 Å². The Labute approximate surface area is 108 Å². The second-order valence-electron chi connectivity index (χ2n) is 4.69. The average Bonchev–Trinajstić information content (AvgIpc) is 2.80. The summed E-state index contributed by atoms with van der Waals surface area (Å²) in [5.74, 6) is -0.184. The zero-order valence-corrected chi connectivity index (χ0v) is 11.4. The molecule has 3 atom stereocenters. The van der Waals surface area contributed by atoms with Crippen LogP contribution in [0.15, 0.2) is 11.1 Å². The highest BCUT2D eigenvalue weighted by Gasteiger charge is 2.41. The number of carbonyl (C=O) groups is 1. The van der Waals surface area contributed by atoms with Crippen molar-refractivity contribution in [1.29, 1.82) is 0 Å². The van der Waals surface area contributed by atoms with E-state index in [-0.39, 0.29) is 24.5 Å². The molecule has 0 bridgehead atoms. The van der Waals surface area contributed by atoms with E-state index in [0.717, 1.165) is 36.8 Å². The molecule has 0 amide bonds. The van der Waals surface area contributed by atoms with E-state index in [0.29, 0.717) is 6.61 Å². The third kappa shape index (κ3) is 2.45. The quantitative estimate of drug-likeness (QED) is 0.723. The summed E-state index contributed by atoms with van der Waals surface area (Å²) in [4.78, 5) is 11.9. The minimum absolute atomic E-state index is 0.0480. The molecule has 2 rings (SSSR count). The Morgan fingerprint density at radius 2 is 2.11 bits per heavy atom. The Kier molecular flexibility index (Phi) is 4.40. The molecule has 18 heavy (non-hydrogen) atoms. The second kappa shape index (κ2) is 5.85. The summed E-state index contributed by atoms with van der Waals surface area (Å²) in [6, 6.07) is 0. The van der Waals surface area contributed by atoms with Crippen LogP contribution in [0.1, 0.15) is 46.5 Å². The van der Waals surface area contributed by atoms with Gasteiger partial charge in [-0.3, -0.25) is 0 Å². The molecule has 1 heterocycles. The van der Waals surface area contributed by atoms with Gasteiger partial charge in [-0.1, -0.05) is 13.8 Å². The van der Waals surface area contributed by atoms with Crippen molar-refractivity contribution in [1.82, 2.24) is 0 Å². The first-order valence-electron chi connectivity index (χ1n) is 6.91. The van der Waals surface area contributed by atoms with Gasteiger partial charge in [0.05, 0.1) is 12.7 Å². The number of esters is 1. The van der Waals surface area contributed by atoms with Gasteiger partial charge in [0.25, 0.3) is 0 Å². The normalized spacial score (nSPS) is 31.4. The van der Waals surface area contributed by atoms with Crippen LogP contribution < -0.4 is 0 Å². The fourth-order valence-corrected chi connectivity index (χ4v) is 2.75. The molecule has 4 heteroatoms. The van der Waals surface area contributed by atoms with E-state index >= 15 is 0 Å². The van der Waals surface area contributed by atoms with E-state index < -0.39 is 0 Å². The summed E-state index contributed by atoms with van der Waals surface area (Å²) >= 11 is 0. The molecule has 0 saturated carbocycles. The summed E-state index contributed by atoms with van der Waals surface area (Å²) in [6.07, 6.45) is 3.19. The first kappa shape index (κ1) is 13.6. The van der Waals surface area contributed by atoms with E-state index in [1.807, 2.05) is 13.8 Å². The van der Waals surface area contributed by atoms with Gasteiger partial charge in [-0.05, 0) is 38.2 Å². The van der Waals surface area contributed by atoms with Crippen LogP contribution in [0.4, 0.5) is 0 Å². The SMILES string of the molecule is CCOC(=O)C1=C(CC)C2OC(CC)OC2CC1. The zero-order valence-electron chi connectivity index (χ0n) is 11.4. The van der Waals surface area contributed by atoms with Crippen molar-refractivity contribution in [2.45, 2.75) is 65.0 Å². The molecule has 4 nitrogen and oxygen atoms in total. The van der Waals surface area contributed by atoms with E-state index in [1.54, 1.807) is 0 Å². The Bertz CT molecular complexity index is 348. The summed E-state index contributed by atoms with van der Waals surface area (Å²) < 4.78 is 16.8. The van der Waals surface area contributed by atoms with Gasteiger partial charge < -0.3 is 14.2 Å². The molecule has 0 aromatic rings. The van der Waals surface area contributed by atoms with Crippen LogP contribution in [0.5, 0.6) is 0 Å². The average molecular weight is 254 g/mol. The lowest BCUT2D eigenvalue weighted by atomic mass is 9.86. The van der Waals surface area contributed by atoms with E-state index in [9.17, 15) is 4.79 Å². The van der Waals surface area contributed by atoms with Crippen molar-refractivity contribution < 1.29 is 19.0 Å². The van der Waals surface area contributed by atoms with Crippen molar-refractivity contribution >= 4 is 5.97 Å². The lowest BCUT2D eigenvalue weighted by molar-refractivity contribution is -0.139. The number of hydrogen-bond donors (Lipinski definition) is 0. The lowest BCUT2D eigenvalue weighted by Gasteiger charge is -2.27. The maximum absolute atomic E-state index is 11.9. The van der Waals surface area contributed by atoms with Crippen LogP contribution >= 0.6 is 0 Å². The molecule has 1 aliphatic heterocycles. The van der Waals surface area contributed by atoms with Crippen molar-refractivity contribution in [3.05, 3.63) is 11.1 Å². The number of fused-ring (bicyclic) bond motifs is 1. The highest BCUT2D eigenvalue weighted by molar-refractivity contribution is 5.89. The minimum atomic E-state index is -0.184. The Balaban J connectivity index is 2.20. The van der Waals surface area contributed by atoms with Crippen LogP contribution in [-0.4, -0.2) is 31.1 Å². The smallest absolute Gasteiger partial charge is 0.334 e. The van der Waals surface area contributed by atoms with Crippen LogP contribution in [0.2, 0.25) is 0 Å². The molecule has 1 fully saturated rings. The lowest BCUT2D eigenvalue weighted by Crippen LogP contribution is -2.32. The molecule has 102 valence electrons. The van der Waals surface area contributed by atoms with Gasteiger partial charge in [0.1, 0.15) is 6.10 Å². The maximum atomic E-state index is 11.9. The number of rotatable bonds is 4. The van der Waals surface area contributed by atoms with Gasteiger partial charge in [0.15, 0.2) is 6.29 Å². The molecular weight excluding hydrogens is 232 g/mol. The van der Waals surface area contributed by atoms with Gasteiger partial charge in [0, 0.05) is 5.57 Å². The summed E-state index contributed by atoms with van der Waals surface area (Å²) in [5.41, 5.74) is 1.88. The highest BCUT2D eigenvalue weighted by atomic mass is 16.7. The van der Waals surface area contributed by atoms with Crippen molar-refractivity contribution in [3.8, 4) is 0 Å². The summed E-state index contributed by atoms with van der Waals surface area (Å²) in [6.45, 7) is 6.35. The maximum Gasteiger partial charge on any atom is 0.334 e. The third-order valence-corrected chi connectivity index (χ3v) is 3.61. The molecular formula is C14H22O4. The zero-order chi connectivity index (χ0) is 13.1. The fraction of sp³-hybridized carbons (Fsp3) is 0.786. The van der Waals surface area contributed by atoms with E-state index in [1.165, 1.54) is 0 Å². The van der Waals surface area contributed by atoms with Crippen LogP contribution in [0.25, 0.3) is 0 Å². The minimum Gasteiger partial charge on any atom is -0.463 e. The molecule has 0 aromatic carbocycles. The van der Waals surface area contributed by atoms with E-state index in [2.05, 4.69) is 6.92 Å². The molecule has 0 radical (unpaired) electrons. The van der Waals surface area contributed by atoms with Gasteiger partial charge in [-0.15, -0.1) is 0 Å². The molecule has 3 unspecified atom stereocenters. The number of ether oxygens (including phenoxy) is 3. The molecule has 0 aromatic heterocycles. The van der Waals surface area contributed by atoms with Crippen LogP contribution in [0, 0.1) is 0 Å². The molecule has 0 N–H and O–H groups in total. The molecule has 1 saturated heterocycles. The Morgan fingerprint density at radius 1 is 1.33 bits per heavy atom. The first-order chi connectivity index (χ1) is 8.71. The summed E-state index contributed by atoms with van der Waals surface area (Å²) in [5, 5.41) is 0. The molecule has 2 aliphatic rings.